The Morgan fingerprint density at radius 2 is 1.50 bits per heavy atom. The van der Waals surface area contributed by atoms with Gasteiger partial charge in [-0.15, -0.1) is 11.3 Å². The lowest BCUT2D eigenvalue weighted by molar-refractivity contribution is 1.18. The first-order valence-corrected chi connectivity index (χ1v) is 9.50. The van der Waals surface area contributed by atoms with Gasteiger partial charge in [0.2, 0.25) is 0 Å². The number of hydrogen-bond acceptors (Lipinski definition) is 3. The molecule has 0 aliphatic heterocycles. The molecule has 124 valence electrons. The van der Waals surface area contributed by atoms with Crippen molar-refractivity contribution in [2.24, 2.45) is 0 Å². The summed E-state index contributed by atoms with van der Waals surface area (Å²) >= 11 is 8.10. The summed E-state index contributed by atoms with van der Waals surface area (Å²) in [4.78, 5) is 9.32. The first kappa shape index (κ1) is 15.5. The lowest BCUT2D eigenvalue weighted by Crippen LogP contribution is -1.93. The third-order valence-corrected chi connectivity index (χ3v) is 5.82. The normalized spacial score (nSPS) is 11.3. The summed E-state index contributed by atoms with van der Waals surface area (Å²) < 4.78 is 2.45. The van der Waals surface area contributed by atoms with Crippen LogP contribution in [0.1, 0.15) is 0 Å². The minimum Gasteiger partial charge on any atom is -0.228 e. The Labute approximate surface area is 159 Å². The van der Waals surface area contributed by atoms with E-state index in [0.717, 1.165) is 16.8 Å². The standard InChI is InChI=1S/C22H13ClN2S/c23-20-13-18(14-7-2-1-3-8-14)24-22(25-20)17-11-6-10-16-15-9-4-5-12-19(15)26-21(16)17/h1-13H. The van der Waals surface area contributed by atoms with Crippen molar-refractivity contribution in [3.63, 3.8) is 0 Å². The Morgan fingerprint density at radius 3 is 2.38 bits per heavy atom. The number of fused-ring (bicyclic) bond motifs is 3. The van der Waals surface area contributed by atoms with Crippen molar-refractivity contribution in [1.29, 1.82) is 0 Å². The molecule has 4 heteroatoms. The molecule has 2 nitrogen and oxygen atoms in total. The van der Waals surface area contributed by atoms with E-state index in [-0.39, 0.29) is 0 Å². The largest absolute Gasteiger partial charge is 0.228 e. The van der Waals surface area contributed by atoms with Crippen LogP contribution in [0.25, 0.3) is 42.8 Å². The molecule has 0 unspecified atom stereocenters. The van der Waals surface area contributed by atoms with E-state index >= 15 is 0 Å². The van der Waals surface area contributed by atoms with Crippen LogP contribution >= 0.6 is 22.9 Å². The number of benzene rings is 3. The molecule has 2 aromatic heterocycles. The molecule has 3 aromatic carbocycles. The van der Waals surface area contributed by atoms with Gasteiger partial charge in [-0.05, 0) is 12.1 Å². The zero-order chi connectivity index (χ0) is 17.5. The van der Waals surface area contributed by atoms with Gasteiger partial charge in [-0.1, -0.05) is 72.3 Å². The topological polar surface area (TPSA) is 25.8 Å². The molecule has 0 atom stereocenters. The smallest absolute Gasteiger partial charge is 0.162 e. The van der Waals surface area contributed by atoms with Gasteiger partial charge in [-0.3, -0.25) is 0 Å². The van der Waals surface area contributed by atoms with E-state index in [1.807, 2.05) is 36.4 Å². The van der Waals surface area contributed by atoms with Crippen LogP contribution in [0.3, 0.4) is 0 Å². The summed E-state index contributed by atoms with van der Waals surface area (Å²) in [5.74, 6) is 0.661. The molecular weight excluding hydrogens is 360 g/mol. The average Bonchev–Trinajstić information content (AvgIpc) is 3.07. The van der Waals surface area contributed by atoms with Gasteiger partial charge in [0.25, 0.3) is 0 Å². The summed E-state index contributed by atoms with van der Waals surface area (Å²) in [5.41, 5.74) is 2.88. The Morgan fingerprint density at radius 1 is 0.731 bits per heavy atom. The zero-order valence-corrected chi connectivity index (χ0v) is 15.3. The van der Waals surface area contributed by atoms with Gasteiger partial charge < -0.3 is 0 Å². The highest BCUT2D eigenvalue weighted by atomic mass is 35.5. The first-order valence-electron chi connectivity index (χ1n) is 8.30. The Bertz CT molecular complexity index is 1250. The lowest BCUT2D eigenvalue weighted by atomic mass is 10.1. The van der Waals surface area contributed by atoms with E-state index in [1.165, 1.54) is 20.2 Å². The number of rotatable bonds is 2. The maximum Gasteiger partial charge on any atom is 0.162 e. The molecule has 0 N–H and O–H groups in total. The minimum absolute atomic E-state index is 0.451. The molecule has 26 heavy (non-hydrogen) atoms. The molecule has 0 saturated carbocycles. The fourth-order valence-electron chi connectivity index (χ4n) is 3.22. The minimum atomic E-state index is 0.451. The van der Waals surface area contributed by atoms with Crippen LogP contribution in [-0.2, 0) is 0 Å². The molecular formula is C22H13ClN2S. The van der Waals surface area contributed by atoms with Gasteiger partial charge in [-0.2, -0.15) is 0 Å². The molecule has 0 aliphatic rings. The fourth-order valence-corrected chi connectivity index (χ4v) is 4.61. The summed E-state index contributed by atoms with van der Waals surface area (Å²) in [5, 5.41) is 2.94. The molecule has 0 radical (unpaired) electrons. The first-order chi connectivity index (χ1) is 12.8. The Balaban J connectivity index is 1.77. The summed E-state index contributed by atoms with van der Waals surface area (Å²) in [6.45, 7) is 0. The molecule has 0 aliphatic carbocycles. The number of halogens is 1. The van der Waals surface area contributed by atoms with Gasteiger partial charge in [-0.25, -0.2) is 9.97 Å². The number of nitrogens with zero attached hydrogens (tertiary/aromatic N) is 2. The molecule has 0 bridgehead atoms. The Kier molecular flexibility index (Phi) is 3.70. The molecule has 5 rings (SSSR count). The van der Waals surface area contributed by atoms with Crippen LogP contribution in [-0.4, -0.2) is 9.97 Å². The molecule has 2 heterocycles. The van der Waals surface area contributed by atoms with Crippen molar-refractivity contribution in [2.75, 3.05) is 0 Å². The average molecular weight is 373 g/mol. The predicted molar refractivity (Wildman–Crippen MR) is 111 cm³/mol. The van der Waals surface area contributed by atoms with Crippen molar-refractivity contribution in [2.45, 2.75) is 0 Å². The summed E-state index contributed by atoms with van der Waals surface area (Å²) in [6.07, 6.45) is 0. The third kappa shape index (κ3) is 2.57. The number of aromatic nitrogens is 2. The third-order valence-electron chi connectivity index (χ3n) is 4.41. The van der Waals surface area contributed by atoms with E-state index in [0.29, 0.717) is 11.0 Å². The van der Waals surface area contributed by atoms with Crippen LogP contribution in [0.5, 0.6) is 0 Å². The Hall–Kier alpha value is -2.75. The van der Waals surface area contributed by atoms with Crippen molar-refractivity contribution < 1.29 is 0 Å². The maximum atomic E-state index is 6.33. The van der Waals surface area contributed by atoms with Crippen molar-refractivity contribution in [3.8, 4) is 22.6 Å². The van der Waals surface area contributed by atoms with Crippen LogP contribution in [0.4, 0.5) is 0 Å². The van der Waals surface area contributed by atoms with Crippen LogP contribution in [0.2, 0.25) is 5.15 Å². The van der Waals surface area contributed by atoms with Gasteiger partial charge in [0.05, 0.1) is 5.69 Å². The van der Waals surface area contributed by atoms with E-state index in [9.17, 15) is 0 Å². The van der Waals surface area contributed by atoms with Crippen molar-refractivity contribution in [1.82, 2.24) is 9.97 Å². The second-order valence-corrected chi connectivity index (χ2v) is 7.49. The van der Waals surface area contributed by atoms with E-state index in [1.54, 1.807) is 11.3 Å². The molecule has 5 aromatic rings. The SMILES string of the molecule is Clc1cc(-c2ccccc2)nc(-c2cccc3c2sc2ccccc23)n1. The van der Waals surface area contributed by atoms with Gasteiger partial charge >= 0.3 is 0 Å². The predicted octanol–water partition coefficient (Wildman–Crippen LogP) is 6.83. The number of thiophene rings is 1. The van der Waals surface area contributed by atoms with Gasteiger partial charge in [0.15, 0.2) is 5.82 Å². The number of hydrogen-bond donors (Lipinski definition) is 0. The maximum absolute atomic E-state index is 6.33. The quantitative estimate of drug-likeness (QED) is 0.317. The molecule has 0 amide bonds. The van der Waals surface area contributed by atoms with E-state index < -0.39 is 0 Å². The second kappa shape index (κ2) is 6.20. The molecule has 0 spiro atoms. The zero-order valence-electron chi connectivity index (χ0n) is 13.7. The summed E-state index contributed by atoms with van der Waals surface area (Å²) in [6, 6.07) is 26.6. The van der Waals surface area contributed by atoms with Crippen LogP contribution < -0.4 is 0 Å². The lowest BCUT2D eigenvalue weighted by Gasteiger charge is -2.06. The summed E-state index contributed by atoms with van der Waals surface area (Å²) in [7, 11) is 0. The van der Waals surface area contributed by atoms with Crippen LogP contribution in [0, 0.1) is 0 Å². The highest BCUT2D eigenvalue weighted by Crippen LogP contribution is 2.39. The second-order valence-electron chi connectivity index (χ2n) is 6.05. The molecule has 0 saturated heterocycles. The monoisotopic (exact) mass is 372 g/mol. The molecule has 0 fully saturated rings. The van der Waals surface area contributed by atoms with Gasteiger partial charge in [0.1, 0.15) is 5.15 Å². The van der Waals surface area contributed by atoms with Crippen molar-refractivity contribution in [3.05, 3.63) is 84.0 Å². The van der Waals surface area contributed by atoms with Crippen molar-refractivity contribution >= 4 is 43.1 Å². The highest BCUT2D eigenvalue weighted by molar-refractivity contribution is 7.26. The fraction of sp³-hybridized carbons (Fsp3) is 0. The van der Waals surface area contributed by atoms with E-state index in [4.69, 9.17) is 16.6 Å². The van der Waals surface area contributed by atoms with E-state index in [2.05, 4.69) is 47.4 Å². The highest BCUT2D eigenvalue weighted by Gasteiger charge is 2.13. The van der Waals surface area contributed by atoms with Crippen LogP contribution in [0.15, 0.2) is 78.9 Å². The van der Waals surface area contributed by atoms with Gasteiger partial charge in [0, 0.05) is 37.4 Å².